The van der Waals surface area contributed by atoms with E-state index in [0.29, 0.717) is 18.7 Å². The van der Waals surface area contributed by atoms with Crippen LogP contribution in [0.1, 0.15) is 24.0 Å². The summed E-state index contributed by atoms with van der Waals surface area (Å²) in [5.74, 6) is -1.29. The van der Waals surface area contributed by atoms with Crippen molar-refractivity contribution in [2.75, 3.05) is 11.4 Å². The number of rotatable bonds is 7. The molecule has 8 heteroatoms. The SMILES string of the molecule is O=C(O)CCC(=O)N1CCc2cc(S(=O)(=O)NCc3ccccc3)ccc21. The van der Waals surface area contributed by atoms with Gasteiger partial charge in [0.1, 0.15) is 0 Å². The van der Waals surface area contributed by atoms with Crippen LogP contribution in [-0.2, 0) is 32.6 Å². The number of carbonyl (C=O) groups excluding carboxylic acids is 1. The van der Waals surface area contributed by atoms with Crippen LogP contribution < -0.4 is 9.62 Å². The van der Waals surface area contributed by atoms with Crippen LogP contribution in [-0.4, -0.2) is 31.9 Å². The van der Waals surface area contributed by atoms with Gasteiger partial charge in [0.2, 0.25) is 15.9 Å². The topological polar surface area (TPSA) is 104 Å². The molecule has 0 aromatic heterocycles. The molecule has 2 N–H and O–H groups in total. The number of benzene rings is 2. The Kier molecular flexibility index (Phi) is 5.57. The lowest BCUT2D eigenvalue weighted by atomic mass is 10.2. The van der Waals surface area contributed by atoms with E-state index in [-0.39, 0.29) is 30.2 Å². The van der Waals surface area contributed by atoms with E-state index in [2.05, 4.69) is 4.72 Å². The third-order valence-corrected chi connectivity index (χ3v) is 5.82. The van der Waals surface area contributed by atoms with Crippen molar-refractivity contribution in [1.29, 1.82) is 0 Å². The molecular weight excluding hydrogens is 368 g/mol. The van der Waals surface area contributed by atoms with Crippen LogP contribution in [0.25, 0.3) is 0 Å². The van der Waals surface area contributed by atoms with E-state index in [9.17, 15) is 18.0 Å². The monoisotopic (exact) mass is 388 g/mol. The number of carbonyl (C=O) groups is 2. The maximum atomic E-state index is 12.5. The molecule has 27 heavy (non-hydrogen) atoms. The molecule has 1 heterocycles. The van der Waals surface area contributed by atoms with Crippen LogP contribution in [0.2, 0.25) is 0 Å². The van der Waals surface area contributed by atoms with E-state index < -0.39 is 16.0 Å². The van der Waals surface area contributed by atoms with Crippen molar-refractivity contribution >= 4 is 27.6 Å². The van der Waals surface area contributed by atoms with Gasteiger partial charge in [0.15, 0.2) is 0 Å². The zero-order chi connectivity index (χ0) is 19.4. The molecule has 0 spiro atoms. The van der Waals surface area contributed by atoms with Gasteiger partial charge in [-0.05, 0) is 35.7 Å². The highest BCUT2D eigenvalue weighted by atomic mass is 32.2. The fourth-order valence-electron chi connectivity index (χ4n) is 3.01. The zero-order valence-electron chi connectivity index (χ0n) is 14.6. The number of carboxylic acids is 1. The van der Waals surface area contributed by atoms with Gasteiger partial charge in [0.25, 0.3) is 0 Å². The summed E-state index contributed by atoms with van der Waals surface area (Å²) in [6.45, 7) is 0.620. The minimum atomic E-state index is -3.67. The van der Waals surface area contributed by atoms with Crippen molar-refractivity contribution in [3.05, 3.63) is 59.7 Å². The zero-order valence-corrected chi connectivity index (χ0v) is 15.4. The Morgan fingerprint density at radius 2 is 1.81 bits per heavy atom. The van der Waals surface area contributed by atoms with Gasteiger partial charge in [0.05, 0.1) is 11.3 Å². The highest BCUT2D eigenvalue weighted by Gasteiger charge is 2.26. The molecule has 2 aromatic rings. The molecule has 0 radical (unpaired) electrons. The van der Waals surface area contributed by atoms with Gasteiger partial charge in [-0.2, -0.15) is 0 Å². The van der Waals surface area contributed by atoms with Crippen LogP contribution >= 0.6 is 0 Å². The lowest BCUT2D eigenvalue weighted by molar-refractivity contribution is -0.138. The van der Waals surface area contributed by atoms with Crippen LogP contribution in [0.4, 0.5) is 5.69 Å². The summed E-state index contributed by atoms with van der Waals surface area (Å²) >= 11 is 0. The second-order valence-corrected chi connectivity index (χ2v) is 8.06. The molecule has 7 nitrogen and oxygen atoms in total. The van der Waals surface area contributed by atoms with Crippen molar-refractivity contribution in [2.24, 2.45) is 0 Å². The molecule has 3 rings (SSSR count). The molecule has 1 aliphatic rings. The van der Waals surface area contributed by atoms with Crippen molar-refractivity contribution < 1.29 is 23.1 Å². The quantitative estimate of drug-likeness (QED) is 0.754. The number of fused-ring (bicyclic) bond motifs is 1. The Hall–Kier alpha value is -2.71. The van der Waals surface area contributed by atoms with E-state index in [1.165, 1.54) is 11.0 Å². The maximum absolute atomic E-state index is 12.5. The van der Waals surface area contributed by atoms with Crippen molar-refractivity contribution in [1.82, 2.24) is 4.72 Å². The van der Waals surface area contributed by atoms with E-state index in [0.717, 1.165) is 11.1 Å². The second-order valence-electron chi connectivity index (χ2n) is 6.29. The first-order chi connectivity index (χ1) is 12.9. The summed E-state index contributed by atoms with van der Waals surface area (Å²) in [7, 11) is -3.67. The average Bonchev–Trinajstić information content (AvgIpc) is 3.09. The first-order valence-corrected chi connectivity index (χ1v) is 10.0. The molecule has 0 atom stereocenters. The number of sulfonamides is 1. The van der Waals surface area contributed by atoms with Crippen LogP contribution in [0.5, 0.6) is 0 Å². The maximum Gasteiger partial charge on any atom is 0.303 e. The average molecular weight is 388 g/mol. The molecule has 0 saturated heterocycles. The number of hydrogen-bond acceptors (Lipinski definition) is 4. The number of nitrogens with one attached hydrogen (secondary N) is 1. The highest BCUT2D eigenvalue weighted by molar-refractivity contribution is 7.89. The molecule has 0 fully saturated rings. The van der Waals surface area contributed by atoms with Crippen LogP contribution in [0.15, 0.2) is 53.4 Å². The van der Waals surface area contributed by atoms with Crippen LogP contribution in [0.3, 0.4) is 0 Å². The third kappa shape index (κ3) is 4.53. The lowest BCUT2D eigenvalue weighted by Crippen LogP contribution is -2.29. The minimum absolute atomic E-state index is 0.0759. The van der Waals surface area contributed by atoms with E-state index in [1.54, 1.807) is 12.1 Å². The molecule has 1 amide bonds. The summed E-state index contributed by atoms with van der Waals surface area (Å²) in [6.07, 6.45) is 0.240. The van der Waals surface area contributed by atoms with Gasteiger partial charge in [-0.1, -0.05) is 30.3 Å². The third-order valence-electron chi connectivity index (χ3n) is 4.42. The number of anilines is 1. The normalized spacial score (nSPS) is 13.4. The summed E-state index contributed by atoms with van der Waals surface area (Å²) < 4.78 is 27.7. The summed E-state index contributed by atoms with van der Waals surface area (Å²) in [5, 5.41) is 8.71. The van der Waals surface area contributed by atoms with Crippen molar-refractivity contribution in [2.45, 2.75) is 30.7 Å². The van der Waals surface area contributed by atoms with Gasteiger partial charge in [-0.15, -0.1) is 0 Å². The van der Waals surface area contributed by atoms with Gasteiger partial charge < -0.3 is 10.0 Å². The first kappa shape index (κ1) is 19.1. The molecular formula is C19H20N2O5S. The first-order valence-electron chi connectivity index (χ1n) is 8.55. The molecule has 2 aromatic carbocycles. The van der Waals surface area contributed by atoms with Gasteiger partial charge in [-0.25, -0.2) is 13.1 Å². The lowest BCUT2D eigenvalue weighted by Gasteiger charge is -2.17. The number of hydrogen-bond donors (Lipinski definition) is 2. The molecule has 0 unspecified atom stereocenters. The number of aliphatic carboxylic acids is 1. The Morgan fingerprint density at radius 3 is 2.52 bits per heavy atom. The van der Waals surface area contributed by atoms with E-state index in [4.69, 9.17) is 5.11 Å². The number of nitrogens with zero attached hydrogens (tertiary/aromatic N) is 1. The van der Waals surface area contributed by atoms with E-state index >= 15 is 0 Å². The van der Waals surface area contributed by atoms with Gasteiger partial charge >= 0.3 is 5.97 Å². The molecule has 0 aliphatic carbocycles. The smallest absolute Gasteiger partial charge is 0.303 e. The highest BCUT2D eigenvalue weighted by Crippen LogP contribution is 2.30. The minimum Gasteiger partial charge on any atom is -0.481 e. The summed E-state index contributed by atoms with van der Waals surface area (Å²) in [5.41, 5.74) is 2.27. The fraction of sp³-hybridized carbons (Fsp3) is 0.263. The Labute approximate surface area is 157 Å². The molecule has 0 saturated carbocycles. The molecule has 0 bridgehead atoms. The largest absolute Gasteiger partial charge is 0.481 e. The van der Waals surface area contributed by atoms with Crippen molar-refractivity contribution in [3.63, 3.8) is 0 Å². The standard InChI is InChI=1S/C19H20N2O5S/c22-18(8-9-19(23)24)21-11-10-15-12-16(6-7-17(15)21)27(25,26)20-13-14-4-2-1-3-5-14/h1-7,12,20H,8-11,13H2,(H,23,24). The number of amides is 1. The summed E-state index contributed by atoms with van der Waals surface area (Å²) in [4.78, 5) is 24.5. The van der Waals surface area contributed by atoms with Gasteiger partial charge in [0, 0.05) is 25.2 Å². The van der Waals surface area contributed by atoms with Crippen LogP contribution in [0, 0.1) is 0 Å². The van der Waals surface area contributed by atoms with Crippen molar-refractivity contribution in [3.8, 4) is 0 Å². The summed E-state index contributed by atoms with van der Waals surface area (Å²) in [6, 6.07) is 13.9. The van der Waals surface area contributed by atoms with Gasteiger partial charge in [-0.3, -0.25) is 9.59 Å². The Balaban J connectivity index is 1.72. The Morgan fingerprint density at radius 1 is 1.07 bits per heavy atom. The fourth-order valence-corrected chi connectivity index (χ4v) is 4.08. The predicted octanol–water partition coefficient (Wildman–Crippen LogP) is 1.92. The molecule has 142 valence electrons. The second kappa shape index (κ2) is 7.89. The van der Waals surface area contributed by atoms with E-state index in [1.807, 2.05) is 30.3 Å². The predicted molar refractivity (Wildman–Crippen MR) is 99.8 cm³/mol. The number of carboxylic acid groups (broad SMARTS) is 1. The molecule has 1 aliphatic heterocycles. The Bertz CT molecular complexity index is 957.